The molecule has 8 nitrogen and oxygen atoms in total. The summed E-state index contributed by atoms with van der Waals surface area (Å²) in [5, 5.41) is 13.7. The topological polar surface area (TPSA) is 131 Å². The molecule has 1 unspecified atom stereocenters. The summed E-state index contributed by atoms with van der Waals surface area (Å²) in [6.45, 7) is 4.17. The summed E-state index contributed by atoms with van der Waals surface area (Å²) in [5.41, 5.74) is 5.38. The second kappa shape index (κ2) is 45.8. The van der Waals surface area contributed by atoms with Gasteiger partial charge in [0.2, 0.25) is 5.91 Å². The molecule has 0 saturated carbocycles. The van der Waals surface area contributed by atoms with Gasteiger partial charge >= 0.3 is 7.82 Å². The number of aliphatic hydroxyl groups excluding tert-OH is 1. The van der Waals surface area contributed by atoms with Crippen LogP contribution in [0.2, 0.25) is 0 Å². The maximum absolute atomic E-state index is 12.8. The van der Waals surface area contributed by atoms with Gasteiger partial charge in [-0.1, -0.05) is 251 Å². The molecule has 0 aliphatic heterocycles. The number of hydrogen-bond acceptors (Lipinski definition) is 6. The third-order valence-electron chi connectivity index (χ3n) is 11.6. The number of phosphoric acid groups is 1. The maximum Gasteiger partial charge on any atom is 0.472 e. The van der Waals surface area contributed by atoms with Gasteiger partial charge in [-0.2, -0.15) is 0 Å². The highest BCUT2D eigenvalue weighted by Gasteiger charge is 2.26. The highest BCUT2D eigenvalue weighted by atomic mass is 31.2. The predicted octanol–water partition coefficient (Wildman–Crippen LogP) is 14.7. The Bertz CT molecular complexity index is 922. The van der Waals surface area contributed by atoms with Gasteiger partial charge in [0, 0.05) is 13.0 Å². The average Bonchev–Trinajstić information content (AvgIpc) is 3.21. The molecule has 0 radical (unpaired) electrons. The van der Waals surface area contributed by atoms with E-state index in [-0.39, 0.29) is 25.7 Å². The lowest BCUT2D eigenvalue weighted by atomic mass is 10.0. The molecule has 1 amide bonds. The van der Waals surface area contributed by atoms with Crippen LogP contribution in [0.1, 0.15) is 264 Å². The zero-order valence-electron chi connectivity index (χ0n) is 38.6. The maximum atomic E-state index is 12.8. The first-order valence-electron chi connectivity index (χ1n) is 25.3. The van der Waals surface area contributed by atoms with E-state index in [1.165, 1.54) is 205 Å². The first-order chi connectivity index (χ1) is 28.4. The number of aliphatic hydroxyl groups is 1. The van der Waals surface area contributed by atoms with Gasteiger partial charge in [-0.15, -0.1) is 0 Å². The van der Waals surface area contributed by atoms with E-state index in [1.54, 1.807) is 6.08 Å². The van der Waals surface area contributed by atoms with Gasteiger partial charge in [-0.25, -0.2) is 4.57 Å². The molecule has 0 aromatic carbocycles. The standard InChI is InChI=1S/C49H99N2O6P/c1-3-5-7-9-11-13-15-17-18-19-20-21-22-23-24-25-26-27-28-29-31-33-35-37-39-41-43-49(53)51-47(46-57-58(54,55)56-45-44-50)48(52)42-40-38-36-34-32-30-16-14-12-10-8-6-4-2/h40,42,47-48,52H,3-39,41,43-46,50H2,1-2H3,(H,51,53)(H,54,55)/b42-40+/t47-,48+/m0/s1. The van der Waals surface area contributed by atoms with Gasteiger partial charge < -0.3 is 21.1 Å². The summed E-state index contributed by atoms with van der Waals surface area (Å²) in [6, 6.07) is -0.855. The molecule has 5 N–H and O–H groups in total. The number of rotatable bonds is 48. The van der Waals surface area contributed by atoms with Crippen molar-refractivity contribution in [1.82, 2.24) is 5.32 Å². The Morgan fingerprint density at radius 3 is 1.22 bits per heavy atom. The fourth-order valence-electron chi connectivity index (χ4n) is 7.78. The van der Waals surface area contributed by atoms with Crippen molar-refractivity contribution < 1.29 is 28.4 Å². The minimum absolute atomic E-state index is 0.0815. The van der Waals surface area contributed by atoms with Crippen molar-refractivity contribution in [2.75, 3.05) is 19.8 Å². The van der Waals surface area contributed by atoms with E-state index in [4.69, 9.17) is 14.8 Å². The van der Waals surface area contributed by atoms with Crippen LogP contribution in [0.3, 0.4) is 0 Å². The Balaban J connectivity index is 3.95. The summed E-state index contributed by atoms with van der Waals surface area (Å²) in [6.07, 6.45) is 52.8. The van der Waals surface area contributed by atoms with Gasteiger partial charge in [-0.3, -0.25) is 13.8 Å². The molecule has 346 valence electrons. The van der Waals surface area contributed by atoms with E-state index in [9.17, 15) is 19.4 Å². The second-order valence-electron chi connectivity index (χ2n) is 17.4. The quantitative estimate of drug-likeness (QED) is 0.0272. The largest absolute Gasteiger partial charge is 0.472 e. The lowest BCUT2D eigenvalue weighted by Crippen LogP contribution is -2.45. The van der Waals surface area contributed by atoms with Crippen molar-refractivity contribution >= 4 is 13.7 Å². The zero-order valence-corrected chi connectivity index (χ0v) is 39.5. The highest BCUT2D eigenvalue weighted by Crippen LogP contribution is 2.43. The van der Waals surface area contributed by atoms with E-state index >= 15 is 0 Å². The molecule has 3 atom stereocenters. The molecule has 0 aromatic rings. The van der Waals surface area contributed by atoms with Crippen molar-refractivity contribution in [1.29, 1.82) is 0 Å². The number of carbonyl (C=O) groups excluding carboxylic acids is 1. The Kier molecular flexibility index (Phi) is 45.2. The highest BCUT2D eigenvalue weighted by molar-refractivity contribution is 7.47. The van der Waals surface area contributed by atoms with Crippen LogP contribution in [-0.4, -0.2) is 47.8 Å². The normalized spacial score (nSPS) is 13.9. The van der Waals surface area contributed by atoms with Crippen molar-refractivity contribution in [2.45, 2.75) is 276 Å². The lowest BCUT2D eigenvalue weighted by molar-refractivity contribution is -0.123. The average molecular weight is 843 g/mol. The number of amides is 1. The van der Waals surface area contributed by atoms with Crippen LogP contribution in [0.15, 0.2) is 12.2 Å². The molecule has 0 heterocycles. The molecular weight excluding hydrogens is 744 g/mol. The SMILES string of the molecule is CCCCCCCCCCCCC/C=C/[C@@H](O)[C@H](COP(=O)(O)OCCN)NC(=O)CCCCCCCCCCCCCCCCCCCCCCCCCCCC. The van der Waals surface area contributed by atoms with E-state index < -0.39 is 20.0 Å². The molecule has 9 heteroatoms. The molecule has 0 aromatic heterocycles. The van der Waals surface area contributed by atoms with Crippen LogP contribution in [-0.2, 0) is 18.4 Å². The monoisotopic (exact) mass is 843 g/mol. The number of carbonyl (C=O) groups is 1. The van der Waals surface area contributed by atoms with Gasteiger partial charge in [0.25, 0.3) is 0 Å². The van der Waals surface area contributed by atoms with Gasteiger partial charge in [0.05, 0.1) is 25.4 Å². The van der Waals surface area contributed by atoms with Crippen LogP contribution in [0, 0.1) is 0 Å². The first-order valence-corrected chi connectivity index (χ1v) is 26.8. The summed E-state index contributed by atoms with van der Waals surface area (Å²) in [5.74, 6) is -0.189. The Morgan fingerprint density at radius 2 is 0.879 bits per heavy atom. The van der Waals surface area contributed by atoms with Gasteiger partial charge in [-0.05, 0) is 19.3 Å². The Labute approximate surface area is 360 Å². The van der Waals surface area contributed by atoms with Crippen molar-refractivity contribution in [3.8, 4) is 0 Å². The first kappa shape index (κ1) is 57.2. The Morgan fingerprint density at radius 1 is 0.552 bits per heavy atom. The molecule has 0 aliphatic carbocycles. The zero-order chi connectivity index (χ0) is 42.5. The third-order valence-corrected chi connectivity index (χ3v) is 12.6. The minimum Gasteiger partial charge on any atom is -0.387 e. The number of nitrogens with one attached hydrogen (secondary N) is 1. The molecular formula is C49H99N2O6P. The summed E-state index contributed by atoms with van der Waals surface area (Å²) in [4.78, 5) is 22.8. The number of phosphoric ester groups is 1. The molecule has 0 bridgehead atoms. The van der Waals surface area contributed by atoms with Crippen LogP contribution < -0.4 is 11.1 Å². The third kappa shape index (κ3) is 43.3. The predicted molar refractivity (Wildman–Crippen MR) is 249 cm³/mol. The van der Waals surface area contributed by atoms with Gasteiger partial charge in [0.1, 0.15) is 0 Å². The fourth-order valence-corrected chi connectivity index (χ4v) is 8.54. The summed E-state index contributed by atoms with van der Waals surface area (Å²) in [7, 11) is -4.34. The van der Waals surface area contributed by atoms with Crippen molar-refractivity contribution in [3.63, 3.8) is 0 Å². The van der Waals surface area contributed by atoms with Crippen molar-refractivity contribution in [3.05, 3.63) is 12.2 Å². The lowest BCUT2D eigenvalue weighted by Gasteiger charge is -2.23. The van der Waals surface area contributed by atoms with E-state index in [0.717, 1.165) is 38.5 Å². The Hall–Kier alpha value is -0.760. The fraction of sp³-hybridized carbons (Fsp3) is 0.939. The van der Waals surface area contributed by atoms with Crippen molar-refractivity contribution in [2.24, 2.45) is 5.73 Å². The number of nitrogens with two attached hydrogens (primary N) is 1. The van der Waals surface area contributed by atoms with E-state index in [0.29, 0.717) is 6.42 Å². The van der Waals surface area contributed by atoms with Crippen LogP contribution in [0.4, 0.5) is 0 Å². The van der Waals surface area contributed by atoms with Gasteiger partial charge in [0.15, 0.2) is 0 Å². The number of allylic oxidation sites excluding steroid dienone is 1. The summed E-state index contributed by atoms with van der Waals surface area (Å²) < 4.78 is 22.2. The smallest absolute Gasteiger partial charge is 0.387 e. The molecule has 0 saturated heterocycles. The summed E-state index contributed by atoms with van der Waals surface area (Å²) >= 11 is 0. The van der Waals surface area contributed by atoms with E-state index in [1.807, 2.05) is 6.08 Å². The number of hydrogen-bond donors (Lipinski definition) is 4. The molecule has 0 spiro atoms. The molecule has 0 fully saturated rings. The van der Waals surface area contributed by atoms with Crippen LogP contribution >= 0.6 is 7.82 Å². The van der Waals surface area contributed by atoms with E-state index in [2.05, 4.69) is 19.2 Å². The molecule has 58 heavy (non-hydrogen) atoms. The number of unbranched alkanes of at least 4 members (excludes halogenated alkanes) is 36. The molecule has 0 aliphatic rings. The van der Waals surface area contributed by atoms with Crippen LogP contribution in [0.5, 0.6) is 0 Å². The second-order valence-corrected chi connectivity index (χ2v) is 18.8. The van der Waals surface area contributed by atoms with Crippen LogP contribution in [0.25, 0.3) is 0 Å². The molecule has 0 rings (SSSR count). The minimum atomic E-state index is -4.34.